The fraction of sp³-hybridized carbons (Fsp3) is 0.357. The van der Waals surface area contributed by atoms with Crippen LogP contribution in [0.15, 0.2) is 30.3 Å². The lowest BCUT2D eigenvalue weighted by Crippen LogP contribution is -2.18. The van der Waals surface area contributed by atoms with Crippen LogP contribution in [0.25, 0.3) is 10.9 Å². The molecule has 0 amide bonds. The molecule has 1 aromatic carbocycles. The smallest absolute Gasteiger partial charge is 0.270 e. The second kappa shape index (κ2) is 5.32. The van der Waals surface area contributed by atoms with Crippen LogP contribution in [0.4, 0.5) is 5.69 Å². The number of nitro groups is 1. The van der Waals surface area contributed by atoms with Gasteiger partial charge in [0.2, 0.25) is 0 Å². The lowest BCUT2D eigenvalue weighted by Gasteiger charge is -2.13. The van der Waals surface area contributed by atoms with Gasteiger partial charge in [0.25, 0.3) is 5.69 Å². The van der Waals surface area contributed by atoms with Gasteiger partial charge in [-0.1, -0.05) is 19.9 Å². The van der Waals surface area contributed by atoms with E-state index in [4.69, 9.17) is 0 Å². The van der Waals surface area contributed by atoms with Crippen LogP contribution < -0.4 is 0 Å². The molecule has 5 nitrogen and oxygen atoms in total. The van der Waals surface area contributed by atoms with Crippen LogP contribution in [-0.4, -0.2) is 21.1 Å². The SMILES string of the molecule is CC(C)C(O)Cc1ccc2cc([N+](=O)[O-])ccc2n1. The fourth-order valence-electron chi connectivity index (χ4n) is 1.83. The molecule has 0 saturated carbocycles. The van der Waals surface area contributed by atoms with Crippen molar-refractivity contribution in [2.24, 2.45) is 5.92 Å². The Morgan fingerprint density at radius 3 is 2.68 bits per heavy atom. The molecule has 0 spiro atoms. The van der Waals surface area contributed by atoms with E-state index in [-0.39, 0.29) is 11.6 Å². The number of hydrogen-bond acceptors (Lipinski definition) is 4. The molecule has 0 aliphatic carbocycles. The van der Waals surface area contributed by atoms with E-state index in [1.54, 1.807) is 18.2 Å². The predicted octanol–water partition coefficient (Wildman–Crippen LogP) is 2.70. The first kappa shape index (κ1) is 13.4. The molecule has 19 heavy (non-hydrogen) atoms. The van der Waals surface area contributed by atoms with Gasteiger partial charge in [-0.2, -0.15) is 0 Å². The summed E-state index contributed by atoms with van der Waals surface area (Å²) in [5.41, 5.74) is 1.56. The molecule has 5 heteroatoms. The number of pyridine rings is 1. The summed E-state index contributed by atoms with van der Waals surface area (Å²) in [5.74, 6) is 0.175. The topological polar surface area (TPSA) is 76.3 Å². The predicted molar refractivity (Wildman–Crippen MR) is 72.9 cm³/mol. The summed E-state index contributed by atoms with van der Waals surface area (Å²) in [7, 11) is 0. The molecule has 0 fully saturated rings. The van der Waals surface area contributed by atoms with Crippen LogP contribution in [0.3, 0.4) is 0 Å². The number of non-ortho nitro benzene ring substituents is 1. The fourth-order valence-corrected chi connectivity index (χ4v) is 1.83. The lowest BCUT2D eigenvalue weighted by atomic mass is 10.0. The third-order valence-electron chi connectivity index (χ3n) is 3.13. The molecular weight excluding hydrogens is 244 g/mol. The highest BCUT2D eigenvalue weighted by Gasteiger charge is 2.12. The van der Waals surface area contributed by atoms with Crippen molar-refractivity contribution in [2.75, 3.05) is 0 Å². The molecule has 1 heterocycles. The van der Waals surface area contributed by atoms with Gasteiger partial charge in [0.05, 0.1) is 16.5 Å². The van der Waals surface area contributed by atoms with E-state index in [1.807, 2.05) is 13.8 Å². The molecule has 0 aliphatic heterocycles. The summed E-state index contributed by atoms with van der Waals surface area (Å²) >= 11 is 0. The van der Waals surface area contributed by atoms with Gasteiger partial charge in [0.1, 0.15) is 0 Å². The summed E-state index contributed by atoms with van der Waals surface area (Å²) in [6, 6.07) is 8.19. The van der Waals surface area contributed by atoms with Crippen molar-refractivity contribution in [2.45, 2.75) is 26.4 Å². The number of nitro benzene ring substituents is 1. The van der Waals surface area contributed by atoms with E-state index in [1.165, 1.54) is 12.1 Å². The zero-order valence-electron chi connectivity index (χ0n) is 10.9. The summed E-state index contributed by atoms with van der Waals surface area (Å²) in [5, 5.41) is 21.3. The molecule has 0 bridgehead atoms. The van der Waals surface area contributed by atoms with Crippen molar-refractivity contribution in [3.8, 4) is 0 Å². The van der Waals surface area contributed by atoms with Gasteiger partial charge >= 0.3 is 0 Å². The van der Waals surface area contributed by atoms with Crippen LogP contribution in [0, 0.1) is 16.0 Å². The minimum atomic E-state index is -0.428. The Labute approximate surface area is 111 Å². The largest absolute Gasteiger partial charge is 0.392 e. The second-order valence-electron chi connectivity index (χ2n) is 4.95. The number of nitrogens with zero attached hydrogens (tertiary/aromatic N) is 2. The summed E-state index contributed by atoms with van der Waals surface area (Å²) < 4.78 is 0. The molecule has 2 rings (SSSR count). The monoisotopic (exact) mass is 260 g/mol. The van der Waals surface area contributed by atoms with Crippen molar-refractivity contribution < 1.29 is 10.0 Å². The Hall–Kier alpha value is -2.01. The molecule has 0 radical (unpaired) electrons. The highest BCUT2D eigenvalue weighted by molar-refractivity contribution is 5.81. The first-order valence-corrected chi connectivity index (χ1v) is 6.19. The van der Waals surface area contributed by atoms with Crippen LogP contribution >= 0.6 is 0 Å². The zero-order chi connectivity index (χ0) is 14.0. The number of aliphatic hydroxyl groups is 1. The van der Waals surface area contributed by atoms with Crippen molar-refractivity contribution in [3.05, 3.63) is 46.1 Å². The standard InChI is InChI=1S/C14H16N2O3/c1-9(2)14(17)8-11-4-3-10-7-12(16(18)19)5-6-13(10)15-11/h3-7,9,14,17H,8H2,1-2H3. The zero-order valence-corrected chi connectivity index (χ0v) is 10.9. The Kier molecular flexibility index (Phi) is 3.76. The molecule has 1 atom stereocenters. The highest BCUT2D eigenvalue weighted by Crippen LogP contribution is 2.20. The number of fused-ring (bicyclic) bond motifs is 1. The minimum absolute atomic E-state index is 0.0595. The van der Waals surface area contributed by atoms with Crippen LogP contribution in [0.2, 0.25) is 0 Å². The van der Waals surface area contributed by atoms with Crippen LogP contribution in [-0.2, 0) is 6.42 Å². The summed E-state index contributed by atoms with van der Waals surface area (Å²) in [6.07, 6.45) is 0.0629. The Morgan fingerprint density at radius 2 is 2.05 bits per heavy atom. The number of benzene rings is 1. The molecule has 100 valence electrons. The maximum absolute atomic E-state index is 10.7. The second-order valence-corrected chi connectivity index (χ2v) is 4.95. The van der Waals surface area contributed by atoms with E-state index in [9.17, 15) is 15.2 Å². The number of aliphatic hydroxyl groups excluding tert-OH is 1. The summed E-state index contributed by atoms with van der Waals surface area (Å²) in [6.45, 7) is 3.91. The van der Waals surface area contributed by atoms with Crippen LogP contribution in [0.5, 0.6) is 0 Å². The Balaban J connectivity index is 2.31. The average molecular weight is 260 g/mol. The van der Waals surface area contributed by atoms with Gasteiger partial charge < -0.3 is 5.11 Å². The van der Waals surface area contributed by atoms with E-state index < -0.39 is 11.0 Å². The first-order chi connectivity index (χ1) is 8.97. The average Bonchev–Trinajstić information content (AvgIpc) is 2.37. The van der Waals surface area contributed by atoms with Gasteiger partial charge in [0, 0.05) is 29.6 Å². The third kappa shape index (κ3) is 3.06. The van der Waals surface area contributed by atoms with Crippen molar-refractivity contribution in [1.29, 1.82) is 0 Å². The molecular formula is C14H16N2O3. The molecule has 0 aliphatic rings. The number of aromatic nitrogens is 1. The normalized spacial score (nSPS) is 12.8. The lowest BCUT2D eigenvalue weighted by molar-refractivity contribution is -0.384. The minimum Gasteiger partial charge on any atom is -0.392 e. The van der Waals surface area contributed by atoms with Gasteiger partial charge in [-0.25, -0.2) is 0 Å². The highest BCUT2D eigenvalue weighted by atomic mass is 16.6. The summed E-state index contributed by atoms with van der Waals surface area (Å²) in [4.78, 5) is 14.7. The first-order valence-electron chi connectivity index (χ1n) is 6.19. The van der Waals surface area contributed by atoms with E-state index in [0.29, 0.717) is 11.9 Å². The molecule has 0 saturated heterocycles. The van der Waals surface area contributed by atoms with Crippen molar-refractivity contribution in [3.63, 3.8) is 0 Å². The van der Waals surface area contributed by atoms with Crippen LogP contribution in [0.1, 0.15) is 19.5 Å². The maximum Gasteiger partial charge on any atom is 0.270 e. The van der Waals surface area contributed by atoms with E-state index in [0.717, 1.165) is 11.1 Å². The maximum atomic E-state index is 10.7. The third-order valence-corrected chi connectivity index (χ3v) is 3.13. The molecule has 2 aromatic rings. The Bertz CT molecular complexity index is 611. The van der Waals surface area contributed by atoms with E-state index in [2.05, 4.69) is 4.98 Å². The van der Waals surface area contributed by atoms with E-state index >= 15 is 0 Å². The quantitative estimate of drug-likeness (QED) is 0.677. The Morgan fingerprint density at radius 1 is 1.32 bits per heavy atom. The van der Waals surface area contributed by atoms with Gasteiger partial charge in [-0.3, -0.25) is 15.1 Å². The van der Waals surface area contributed by atoms with Crippen molar-refractivity contribution >= 4 is 16.6 Å². The van der Waals surface area contributed by atoms with Gasteiger partial charge in [-0.15, -0.1) is 0 Å². The number of rotatable bonds is 4. The molecule has 1 aromatic heterocycles. The van der Waals surface area contributed by atoms with Gasteiger partial charge in [-0.05, 0) is 18.1 Å². The van der Waals surface area contributed by atoms with Crippen molar-refractivity contribution in [1.82, 2.24) is 4.98 Å². The molecule has 1 unspecified atom stereocenters. The molecule has 1 N–H and O–H groups in total. The van der Waals surface area contributed by atoms with Gasteiger partial charge in [0.15, 0.2) is 0 Å². The number of hydrogen-bond donors (Lipinski definition) is 1.